The average Bonchev–Trinajstić information content (AvgIpc) is 2.03. The third-order valence-electron chi connectivity index (χ3n) is 1.73. The fraction of sp³-hybridized carbons (Fsp3) is 0.333. The second kappa shape index (κ2) is 3.45. The maximum absolute atomic E-state index is 11.0. The molecule has 1 aromatic heterocycles. The first-order chi connectivity index (χ1) is 5.65. The van der Waals surface area contributed by atoms with Gasteiger partial charge in [-0.15, -0.1) is 0 Å². The van der Waals surface area contributed by atoms with Gasteiger partial charge in [-0.2, -0.15) is 0 Å². The molecule has 0 radical (unpaired) electrons. The molecule has 0 aliphatic rings. The number of aryl methyl sites for hydroxylation is 1. The van der Waals surface area contributed by atoms with Gasteiger partial charge in [0.05, 0.1) is 5.69 Å². The first-order valence-electron chi connectivity index (χ1n) is 3.82. The Labute approximate surface area is 71.6 Å². The number of aromatic nitrogens is 1. The van der Waals surface area contributed by atoms with Crippen LogP contribution in [-0.4, -0.2) is 10.8 Å². The van der Waals surface area contributed by atoms with Crippen LogP contribution in [0.1, 0.15) is 28.7 Å². The number of nitrogens with zero attached hydrogens (tertiary/aromatic N) is 1. The van der Waals surface area contributed by atoms with Gasteiger partial charge in [-0.3, -0.25) is 9.78 Å². The summed E-state index contributed by atoms with van der Waals surface area (Å²) in [5.41, 5.74) is 7.64. The zero-order valence-electron chi connectivity index (χ0n) is 7.29. The van der Waals surface area contributed by atoms with E-state index < -0.39 is 0 Å². The van der Waals surface area contributed by atoms with Crippen LogP contribution in [-0.2, 0) is 6.54 Å². The molecule has 0 saturated carbocycles. The Kier molecular flexibility index (Phi) is 2.55. The molecule has 64 valence electrons. The molecule has 0 fully saturated rings. The van der Waals surface area contributed by atoms with Gasteiger partial charge in [-0.25, -0.2) is 0 Å². The second-order valence-corrected chi connectivity index (χ2v) is 2.70. The van der Waals surface area contributed by atoms with Crippen molar-refractivity contribution in [1.82, 2.24) is 4.98 Å². The van der Waals surface area contributed by atoms with E-state index >= 15 is 0 Å². The van der Waals surface area contributed by atoms with Crippen molar-refractivity contribution in [3.8, 4) is 0 Å². The number of hydrogen-bond acceptors (Lipinski definition) is 3. The topological polar surface area (TPSA) is 56.0 Å². The summed E-state index contributed by atoms with van der Waals surface area (Å²) in [6.07, 6.45) is 0. The third-order valence-corrected chi connectivity index (χ3v) is 1.73. The summed E-state index contributed by atoms with van der Waals surface area (Å²) in [5, 5.41) is 0. The number of nitrogens with two attached hydrogens (primary N) is 1. The van der Waals surface area contributed by atoms with Crippen molar-refractivity contribution in [2.24, 2.45) is 5.73 Å². The number of Topliss-reactive ketones (excluding diaryl/α,β-unsaturated/α-hetero) is 1. The van der Waals surface area contributed by atoms with Crippen LogP contribution in [0.3, 0.4) is 0 Å². The van der Waals surface area contributed by atoms with E-state index in [0.29, 0.717) is 12.1 Å². The molecular formula is C9H12N2O. The highest BCUT2D eigenvalue weighted by atomic mass is 16.1. The lowest BCUT2D eigenvalue weighted by Gasteiger charge is -2.02. The molecule has 2 N–H and O–H groups in total. The van der Waals surface area contributed by atoms with Crippen LogP contribution in [0.4, 0.5) is 0 Å². The van der Waals surface area contributed by atoms with E-state index in [4.69, 9.17) is 5.73 Å². The summed E-state index contributed by atoms with van der Waals surface area (Å²) in [5.74, 6) is 0.0450. The minimum atomic E-state index is 0.0450. The van der Waals surface area contributed by atoms with Gasteiger partial charge in [-0.05, 0) is 26.0 Å². The van der Waals surface area contributed by atoms with E-state index in [2.05, 4.69) is 4.98 Å². The summed E-state index contributed by atoms with van der Waals surface area (Å²) < 4.78 is 0. The Morgan fingerprint density at radius 1 is 1.58 bits per heavy atom. The molecule has 0 atom stereocenters. The number of rotatable bonds is 2. The van der Waals surface area contributed by atoms with Gasteiger partial charge in [0.1, 0.15) is 0 Å². The summed E-state index contributed by atoms with van der Waals surface area (Å²) in [4.78, 5) is 15.2. The van der Waals surface area contributed by atoms with Crippen molar-refractivity contribution in [2.45, 2.75) is 20.4 Å². The quantitative estimate of drug-likeness (QED) is 0.665. The van der Waals surface area contributed by atoms with Gasteiger partial charge in [0.2, 0.25) is 0 Å². The molecule has 0 saturated heterocycles. The summed E-state index contributed by atoms with van der Waals surface area (Å²) in [6.45, 7) is 3.76. The standard InChI is InChI=1S/C9H12N2O/c1-6-9(7(2)12)4-3-8(5-10)11-6/h3-4H,5,10H2,1-2H3. The van der Waals surface area contributed by atoms with E-state index in [-0.39, 0.29) is 5.78 Å². The predicted octanol–water partition coefficient (Wildman–Crippen LogP) is 1.05. The van der Waals surface area contributed by atoms with Crippen LogP contribution in [0, 0.1) is 6.92 Å². The lowest BCUT2D eigenvalue weighted by molar-refractivity contribution is 0.101. The zero-order chi connectivity index (χ0) is 9.14. The summed E-state index contributed by atoms with van der Waals surface area (Å²) in [6, 6.07) is 3.55. The molecule has 3 nitrogen and oxygen atoms in total. The van der Waals surface area contributed by atoms with E-state index in [1.807, 2.05) is 6.92 Å². The van der Waals surface area contributed by atoms with Crippen LogP contribution in [0.2, 0.25) is 0 Å². The fourth-order valence-electron chi connectivity index (χ4n) is 1.10. The maximum atomic E-state index is 11.0. The molecule has 12 heavy (non-hydrogen) atoms. The Morgan fingerprint density at radius 3 is 2.67 bits per heavy atom. The highest BCUT2D eigenvalue weighted by molar-refractivity contribution is 5.94. The second-order valence-electron chi connectivity index (χ2n) is 2.70. The molecule has 1 aromatic rings. The lowest BCUT2D eigenvalue weighted by Crippen LogP contribution is -2.04. The fourth-order valence-corrected chi connectivity index (χ4v) is 1.10. The Bertz CT molecular complexity index is 307. The van der Waals surface area contributed by atoms with Gasteiger partial charge in [-0.1, -0.05) is 0 Å². The Morgan fingerprint density at radius 2 is 2.25 bits per heavy atom. The Balaban J connectivity index is 3.12. The number of carbonyl (C=O) groups excluding carboxylic acids is 1. The van der Waals surface area contributed by atoms with Crippen molar-refractivity contribution < 1.29 is 4.79 Å². The number of ketones is 1. The van der Waals surface area contributed by atoms with Crippen LogP contribution in [0.15, 0.2) is 12.1 Å². The smallest absolute Gasteiger partial charge is 0.161 e. The first-order valence-corrected chi connectivity index (χ1v) is 3.82. The van der Waals surface area contributed by atoms with Gasteiger partial charge in [0.25, 0.3) is 0 Å². The molecule has 0 aliphatic heterocycles. The van der Waals surface area contributed by atoms with Crippen molar-refractivity contribution in [3.63, 3.8) is 0 Å². The summed E-state index contributed by atoms with van der Waals surface area (Å²) in [7, 11) is 0. The number of carbonyl (C=O) groups is 1. The molecular weight excluding hydrogens is 152 g/mol. The zero-order valence-corrected chi connectivity index (χ0v) is 7.29. The molecule has 0 amide bonds. The Hall–Kier alpha value is -1.22. The molecule has 0 aliphatic carbocycles. The van der Waals surface area contributed by atoms with Crippen molar-refractivity contribution in [3.05, 3.63) is 29.1 Å². The van der Waals surface area contributed by atoms with Gasteiger partial charge >= 0.3 is 0 Å². The molecule has 0 bridgehead atoms. The van der Waals surface area contributed by atoms with Crippen LogP contribution >= 0.6 is 0 Å². The van der Waals surface area contributed by atoms with E-state index in [1.165, 1.54) is 6.92 Å². The van der Waals surface area contributed by atoms with Gasteiger partial charge in [0, 0.05) is 17.8 Å². The largest absolute Gasteiger partial charge is 0.325 e. The number of pyridine rings is 1. The minimum absolute atomic E-state index is 0.0450. The van der Waals surface area contributed by atoms with E-state index in [9.17, 15) is 4.79 Å². The molecule has 3 heteroatoms. The average molecular weight is 164 g/mol. The maximum Gasteiger partial charge on any atom is 0.161 e. The third kappa shape index (κ3) is 1.68. The minimum Gasteiger partial charge on any atom is -0.325 e. The van der Waals surface area contributed by atoms with Crippen molar-refractivity contribution >= 4 is 5.78 Å². The molecule has 1 rings (SSSR count). The van der Waals surface area contributed by atoms with E-state index in [0.717, 1.165) is 11.4 Å². The lowest BCUT2D eigenvalue weighted by atomic mass is 10.1. The van der Waals surface area contributed by atoms with Gasteiger partial charge in [0.15, 0.2) is 5.78 Å². The van der Waals surface area contributed by atoms with Crippen LogP contribution < -0.4 is 5.73 Å². The normalized spacial score (nSPS) is 9.92. The molecule has 1 heterocycles. The SMILES string of the molecule is CC(=O)c1ccc(CN)nc1C. The highest BCUT2D eigenvalue weighted by Crippen LogP contribution is 2.06. The predicted molar refractivity (Wildman–Crippen MR) is 46.9 cm³/mol. The summed E-state index contributed by atoms with van der Waals surface area (Å²) >= 11 is 0. The first kappa shape index (κ1) is 8.87. The van der Waals surface area contributed by atoms with Crippen molar-refractivity contribution in [1.29, 1.82) is 0 Å². The monoisotopic (exact) mass is 164 g/mol. The number of hydrogen-bond donors (Lipinski definition) is 1. The van der Waals surface area contributed by atoms with Crippen LogP contribution in [0.25, 0.3) is 0 Å². The molecule has 0 aromatic carbocycles. The van der Waals surface area contributed by atoms with Crippen LogP contribution in [0.5, 0.6) is 0 Å². The van der Waals surface area contributed by atoms with E-state index in [1.54, 1.807) is 12.1 Å². The molecule has 0 spiro atoms. The molecule has 0 unspecified atom stereocenters. The van der Waals surface area contributed by atoms with Crippen molar-refractivity contribution in [2.75, 3.05) is 0 Å². The highest BCUT2D eigenvalue weighted by Gasteiger charge is 2.04. The van der Waals surface area contributed by atoms with Gasteiger partial charge < -0.3 is 5.73 Å².